The molecule has 0 aromatic carbocycles. The van der Waals surface area contributed by atoms with Crippen molar-refractivity contribution in [2.45, 2.75) is 65.5 Å². The minimum absolute atomic E-state index is 0.181. The van der Waals surface area contributed by atoms with Crippen molar-refractivity contribution in [2.24, 2.45) is 0 Å². The van der Waals surface area contributed by atoms with Crippen LogP contribution in [0.1, 0.15) is 53.9 Å². The van der Waals surface area contributed by atoms with Gasteiger partial charge in [0, 0.05) is 18.1 Å². The lowest BCUT2D eigenvalue weighted by Gasteiger charge is -2.33. The summed E-state index contributed by atoms with van der Waals surface area (Å²) in [6.07, 6.45) is 9.05. The van der Waals surface area contributed by atoms with Gasteiger partial charge in [0.1, 0.15) is 0 Å². The molecule has 17 heavy (non-hydrogen) atoms. The van der Waals surface area contributed by atoms with E-state index in [0.717, 1.165) is 26.1 Å². The van der Waals surface area contributed by atoms with Crippen LogP contribution in [0.15, 0.2) is 0 Å². The predicted octanol–water partition coefficient (Wildman–Crippen LogP) is 2.89. The highest BCUT2D eigenvalue weighted by Gasteiger charge is 2.18. The Bertz CT molecular complexity index is 222. The zero-order chi connectivity index (χ0) is 13.3. The van der Waals surface area contributed by atoms with E-state index in [1.54, 1.807) is 0 Å². The van der Waals surface area contributed by atoms with Gasteiger partial charge in [0.2, 0.25) is 0 Å². The van der Waals surface area contributed by atoms with Crippen LogP contribution < -0.4 is 5.32 Å². The molecule has 0 spiro atoms. The van der Waals surface area contributed by atoms with Gasteiger partial charge < -0.3 is 5.32 Å². The Morgan fingerprint density at radius 2 is 1.88 bits per heavy atom. The average molecular weight is 238 g/mol. The van der Waals surface area contributed by atoms with E-state index in [4.69, 9.17) is 6.42 Å². The summed E-state index contributed by atoms with van der Waals surface area (Å²) in [5, 5.41) is 3.59. The Balaban J connectivity index is 4.39. The maximum Gasteiger partial charge on any atom is 0.0601 e. The highest BCUT2D eigenvalue weighted by atomic mass is 15.2. The monoisotopic (exact) mass is 238 g/mol. The molecule has 2 heteroatoms. The molecule has 0 aromatic heterocycles. The lowest BCUT2D eigenvalue weighted by atomic mass is 10.1. The Hall–Kier alpha value is -0.520. The zero-order valence-corrected chi connectivity index (χ0v) is 12.3. The molecule has 1 atom stereocenters. The van der Waals surface area contributed by atoms with E-state index < -0.39 is 0 Å². The summed E-state index contributed by atoms with van der Waals surface area (Å²) in [4.78, 5) is 2.43. The first-order valence-electron chi connectivity index (χ1n) is 6.87. The van der Waals surface area contributed by atoms with Crippen LogP contribution in [0, 0.1) is 12.3 Å². The fourth-order valence-corrected chi connectivity index (χ4v) is 1.97. The van der Waals surface area contributed by atoms with E-state index in [1.807, 2.05) is 0 Å². The van der Waals surface area contributed by atoms with Crippen molar-refractivity contribution in [1.82, 2.24) is 10.2 Å². The van der Waals surface area contributed by atoms with Crippen molar-refractivity contribution in [3.8, 4) is 12.3 Å². The number of hydrogen-bond donors (Lipinski definition) is 1. The molecule has 0 amide bonds. The molecular weight excluding hydrogens is 208 g/mol. The molecule has 0 bridgehead atoms. The summed E-state index contributed by atoms with van der Waals surface area (Å²) in [5.74, 6) is 2.79. The van der Waals surface area contributed by atoms with Gasteiger partial charge in [-0.2, -0.15) is 0 Å². The lowest BCUT2D eigenvalue weighted by molar-refractivity contribution is 0.192. The molecule has 1 unspecified atom stereocenters. The molecule has 2 nitrogen and oxygen atoms in total. The normalized spacial score (nSPS) is 13.7. The molecule has 1 N–H and O–H groups in total. The van der Waals surface area contributed by atoms with E-state index in [0.29, 0.717) is 6.04 Å². The first-order chi connectivity index (χ1) is 7.94. The number of rotatable bonds is 8. The largest absolute Gasteiger partial charge is 0.311 e. The SMILES string of the molecule is C#CCN(CCC)C(CCC)CNC(C)(C)C. The average Bonchev–Trinajstić information content (AvgIpc) is 2.23. The third-order valence-corrected chi connectivity index (χ3v) is 2.81. The summed E-state index contributed by atoms with van der Waals surface area (Å²) >= 11 is 0. The maximum atomic E-state index is 5.46. The molecule has 0 rings (SSSR count). The molecule has 0 aliphatic heterocycles. The Labute approximate surface area is 108 Å². The van der Waals surface area contributed by atoms with Gasteiger partial charge in [-0.15, -0.1) is 6.42 Å². The van der Waals surface area contributed by atoms with Crippen molar-refractivity contribution in [3.05, 3.63) is 0 Å². The van der Waals surface area contributed by atoms with Crippen LogP contribution in [0.2, 0.25) is 0 Å². The van der Waals surface area contributed by atoms with Crippen LogP contribution in [-0.4, -0.2) is 36.1 Å². The second-order valence-electron chi connectivity index (χ2n) is 5.75. The first kappa shape index (κ1) is 16.5. The molecule has 0 aliphatic rings. The van der Waals surface area contributed by atoms with E-state index in [9.17, 15) is 0 Å². The standard InChI is InChI=1S/C15H30N2/c1-7-10-14(13-16-15(4,5)6)17(11-8-2)12-9-3/h2,14,16H,7,9-13H2,1,3-6H3. The fourth-order valence-electron chi connectivity index (χ4n) is 1.97. The summed E-state index contributed by atoms with van der Waals surface area (Å²) < 4.78 is 0. The topological polar surface area (TPSA) is 15.3 Å². The van der Waals surface area contributed by atoms with Gasteiger partial charge in [0.05, 0.1) is 6.54 Å². The van der Waals surface area contributed by atoms with Crippen molar-refractivity contribution in [1.29, 1.82) is 0 Å². The summed E-state index contributed by atoms with van der Waals surface area (Å²) in [6.45, 7) is 14.0. The van der Waals surface area contributed by atoms with Gasteiger partial charge in [-0.25, -0.2) is 0 Å². The van der Waals surface area contributed by atoms with Gasteiger partial charge in [0.25, 0.3) is 0 Å². The second-order valence-corrected chi connectivity index (χ2v) is 5.75. The number of terminal acetylenes is 1. The molecule has 100 valence electrons. The molecular formula is C15H30N2. The third kappa shape index (κ3) is 8.24. The van der Waals surface area contributed by atoms with Crippen LogP contribution in [0.4, 0.5) is 0 Å². The highest BCUT2D eigenvalue weighted by Crippen LogP contribution is 2.09. The van der Waals surface area contributed by atoms with Gasteiger partial charge in [-0.05, 0) is 40.2 Å². The summed E-state index contributed by atoms with van der Waals surface area (Å²) in [7, 11) is 0. The third-order valence-electron chi connectivity index (χ3n) is 2.81. The van der Waals surface area contributed by atoms with Gasteiger partial charge in [-0.3, -0.25) is 4.90 Å². The predicted molar refractivity (Wildman–Crippen MR) is 77.1 cm³/mol. The lowest BCUT2D eigenvalue weighted by Crippen LogP contribution is -2.48. The fraction of sp³-hybridized carbons (Fsp3) is 0.867. The van der Waals surface area contributed by atoms with Crippen LogP contribution >= 0.6 is 0 Å². The van der Waals surface area contributed by atoms with Crippen LogP contribution in [-0.2, 0) is 0 Å². The van der Waals surface area contributed by atoms with Gasteiger partial charge in [0.15, 0.2) is 0 Å². The number of nitrogens with zero attached hydrogens (tertiary/aromatic N) is 1. The molecule has 0 saturated heterocycles. The Morgan fingerprint density at radius 1 is 1.24 bits per heavy atom. The number of hydrogen-bond acceptors (Lipinski definition) is 2. The Morgan fingerprint density at radius 3 is 2.29 bits per heavy atom. The van der Waals surface area contributed by atoms with E-state index in [-0.39, 0.29) is 5.54 Å². The van der Waals surface area contributed by atoms with E-state index in [1.165, 1.54) is 12.8 Å². The molecule has 0 fully saturated rings. The number of nitrogens with one attached hydrogen (secondary N) is 1. The summed E-state index contributed by atoms with van der Waals surface area (Å²) in [6, 6.07) is 0.565. The van der Waals surface area contributed by atoms with Gasteiger partial charge in [-0.1, -0.05) is 26.2 Å². The second kappa shape index (κ2) is 8.55. The molecule has 0 aromatic rings. The van der Waals surface area contributed by atoms with Crippen LogP contribution in [0.3, 0.4) is 0 Å². The van der Waals surface area contributed by atoms with Crippen LogP contribution in [0.25, 0.3) is 0 Å². The van der Waals surface area contributed by atoms with E-state index >= 15 is 0 Å². The van der Waals surface area contributed by atoms with Crippen molar-refractivity contribution in [3.63, 3.8) is 0 Å². The highest BCUT2D eigenvalue weighted by molar-refractivity contribution is 4.91. The van der Waals surface area contributed by atoms with Gasteiger partial charge >= 0.3 is 0 Å². The first-order valence-corrected chi connectivity index (χ1v) is 6.87. The molecule has 0 radical (unpaired) electrons. The molecule has 0 heterocycles. The van der Waals surface area contributed by atoms with Crippen molar-refractivity contribution < 1.29 is 0 Å². The minimum atomic E-state index is 0.181. The van der Waals surface area contributed by atoms with Crippen molar-refractivity contribution >= 4 is 0 Å². The van der Waals surface area contributed by atoms with E-state index in [2.05, 4.69) is 50.8 Å². The smallest absolute Gasteiger partial charge is 0.0601 e. The molecule has 0 saturated carbocycles. The minimum Gasteiger partial charge on any atom is -0.311 e. The quantitative estimate of drug-likeness (QED) is 0.654. The van der Waals surface area contributed by atoms with Crippen molar-refractivity contribution in [2.75, 3.05) is 19.6 Å². The van der Waals surface area contributed by atoms with Crippen LogP contribution in [0.5, 0.6) is 0 Å². The summed E-state index contributed by atoms with van der Waals surface area (Å²) in [5.41, 5.74) is 0.181. The zero-order valence-electron chi connectivity index (χ0n) is 12.3. The maximum absolute atomic E-state index is 5.46. The Kier molecular flexibility index (Phi) is 8.29. The molecule has 0 aliphatic carbocycles.